The van der Waals surface area contributed by atoms with Crippen molar-refractivity contribution in [3.05, 3.63) is 48.0 Å². The molecule has 0 bridgehead atoms. The second kappa shape index (κ2) is 10.3. The van der Waals surface area contributed by atoms with Gasteiger partial charge in [-0.3, -0.25) is 9.59 Å². The van der Waals surface area contributed by atoms with Gasteiger partial charge in [0.25, 0.3) is 5.24 Å². The summed E-state index contributed by atoms with van der Waals surface area (Å²) < 4.78 is 56.1. The maximum Gasteiger partial charge on any atom is 0.303 e. The van der Waals surface area contributed by atoms with E-state index in [0.717, 1.165) is 17.8 Å². The summed E-state index contributed by atoms with van der Waals surface area (Å²) in [6.45, 7) is -0.0192. The first kappa shape index (κ1) is 24.2. The van der Waals surface area contributed by atoms with E-state index >= 15 is 0 Å². The Morgan fingerprint density at radius 1 is 1.23 bits per heavy atom. The smallest absolute Gasteiger partial charge is 0.303 e. The Bertz CT molecular complexity index is 760. The van der Waals surface area contributed by atoms with Gasteiger partial charge in [0.15, 0.2) is 0 Å². The second-order valence-electron chi connectivity index (χ2n) is 7.01. The molecule has 0 aromatic heterocycles. The van der Waals surface area contributed by atoms with Crippen molar-refractivity contribution in [3.63, 3.8) is 0 Å². The number of alkyl halides is 4. The van der Waals surface area contributed by atoms with Crippen LogP contribution in [0, 0.1) is 0 Å². The van der Waals surface area contributed by atoms with Gasteiger partial charge in [-0.2, -0.15) is 8.78 Å². The van der Waals surface area contributed by atoms with Crippen LogP contribution in [0.5, 0.6) is 0 Å². The molecule has 30 heavy (non-hydrogen) atoms. The number of amides is 1. The Kier molecular flexibility index (Phi) is 8.31. The lowest BCUT2D eigenvalue weighted by Gasteiger charge is -2.24. The molecule has 166 valence electrons. The SMILES string of the molecule is O=C(O)CCC(F)(F)CCCN1C(=O)SCC1C=CC(O)C(F)(F)c1ccccc1. The summed E-state index contributed by atoms with van der Waals surface area (Å²) in [5, 5.41) is 18.1. The number of hydrogen-bond donors (Lipinski definition) is 2. The molecule has 2 unspecified atom stereocenters. The fourth-order valence-electron chi connectivity index (χ4n) is 2.99. The number of carbonyl (C=O) groups excluding carboxylic acids is 1. The molecule has 0 saturated carbocycles. The number of nitrogens with zero attached hydrogens (tertiary/aromatic N) is 1. The van der Waals surface area contributed by atoms with Crippen molar-refractivity contribution in [2.75, 3.05) is 12.3 Å². The van der Waals surface area contributed by atoms with Gasteiger partial charge in [0, 0.05) is 30.7 Å². The third-order valence-corrected chi connectivity index (χ3v) is 5.69. The van der Waals surface area contributed by atoms with Crippen molar-refractivity contribution >= 4 is 23.0 Å². The van der Waals surface area contributed by atoms with Crippen molar-refractivity contribution in [1.82, 2.24) is 4.90 Å². The molecule has 10 heteroatoms. The standard InChI is InChI=1S/C20H23F4NO4S/c21-19(22,11-9-17(27)28)10-4-12-25-15(13-30-18(25)29)7-8-16(26)20(23,24)14-5-2-1-3-6-14/h1-3,5-8,15-16,26H,4,9-13H2,(H,27,28). The van der Waals surface area contributed by atoms with E-state index < -0.39 is 49.2 Å². The molecule has 1 aromatic carbocycles. The second-order valence-corrected chi connectivity index (χ2v) is 7.98. The van der Waals surface area contributed by atoms with Gasteiger partial charge in [-0.05, 0) is 6.42 Å². The van der Waals surface area contributed by atoms with Crippen LogP contribution in [0.15, 0.2) is 42.5 Å². The molecule has 2 rings (SSSR count). The highest BCUT2D eigenvalue weighted by Crippen LogP contribution is 2.33. The highest BCUT2D eigenvalue weighted by molar-refractivity contribution is 8.13. The monoisotopic (exact) mass is 449 g/mol. The molecule has 1 aliphatic heterocycles. The van der Waals surface area contributed by atoms with Crippen LogP contribution in [0.3, 0.4) is 0 Å². The molecular weight excluding hydrogens is 426 g/mol. The van der Waals surface area contributed by atoms with Crippen molar-refractivity contribution in [2.24, 2.45) is 0 Å². The number of aliphatic carboxylic acids is 1. The van der Waals surface area contributed by atoms with Gasteiger partial charge in [-0.1, -0.05) is 54.2 Å². The Morgan fingerprint density at radius 2 is 1.90 bits per heavy atom. The molecule has 1 heterocycles. The van der Waals surface area contributed by atoms with Gasteiger partial charge in [-0.15, -0.1) is 0 Å². The molecule has 0 spiro atoms. The molecule has 5 nitrogen and oxygen atoms in total. The Labute approximate surface area is 175 Å². The first-order valence-electron chi connectivity index (χ1n) is 9.36. The third kappa shape index (κ3) is 6.73. The van der Waals surface area contributed by atoms with Gasteiger partial charge in [0.2, 0.25) is 5.92 Å². The first-order valence-corrected chi connectivity index (χ1v) is 10.3. The van der Waals surface area contributed by atoms with E-state index in [-0.39, 0.29) is 29.5 Å². The van der Waals surface area contributed by atoms with E-state index in [1.807, 2.05) is 0 Å². The van der Waals surface area contributed by atoms with Crippen LogP contribution in [0.4, 0.5) is 22.4 Å². The molecule has 1 fully saturated rings. The minimum atomic E-state index is -3.52. The molecule has 1 aromatic rings. The van der Waals surface area contributed by atoms with Crippen molar-refractivity contribution in [1.29, 1.82) is 0 Å². The fourth-order valence-corrected chi connectivity index (χ4v) is 3.99. The number of thioether (sulfide) groups is 1. The predicted octanol–water partition coefficient (Wildman–Crippen LogP) is 4.51. The Morgan fingerprint density at radius 3 is 2.53 bits per heavy atom. The average molecular weight is 449 g/mol. The quantitative estimate of drug-likeness (QED) is 0.384. The topological polar surface area (TPSA) is 77.8 Å². The van der Waals surface area contributed by atoms with Gasteiger partial charge >= 0.3 is 11.9 Å². The summed E-state index contributed by atoms with van der Waals surface area (Å²) >= 11 is 0.943. The molecule has 0 radical (unpaired) electrons. The molecule has 1 saturated heterocycles. The van der Waals surface area contributed by atoms with Crippen molar-refractivity contribution < 1.29 is 37.4 Å². The molecule has 1 aliphatic rings. The van der Waals surface area contributed by atoms with Crippen LogP contribution in [-0.2, 0) is 10.7 Å². The van der Waals surface area contributed by atoms with E-state index in [2.05, 4.69) is 0 Å². The zero-order valence-corrected chi connectivity index (χ0v) is 16.8. The minimum Gasteiger partial charge on any atom is -0.481 e. The van der Waals surface area contributed by atoms with E-state index in [9.17, 15) is 32.3 Å². The van der Waals surface area contributed by atoms with Crippen LogP contribution >= 0.6 is 11.8 Å². The lowest BCUT2D eigenvalue weighted by atomic mass is 10.0. The predicted molar refractivity (Wildman–Crippen MR) is 105 cm³/mol. The number of benzene rings is 1. The zero-order valence-electron chi connectivity index (χ0n) is 16.0. The number of halogens is 4. The summed E-state index contributed by atoms with van der Waals surface area (Å²) in [6.07, 6.45) is -1.97. The summed E-state index contributed by atoms with van der Waals surface area (Å²) in [7, 11) is 0. The third-order valence-electron chi connectivity index (χ3n) is 4.70. The van der Waals surface area contributed by atoms with Crippen LogP contribution in [0.1, 0.15) is 31.2 Å². The molecule has 1 amide bonds. The van der Waals surface area contributed by atoms with E-state index in [1.54, 1.807) is 6.07 Å². The molecular formula is C20H23F4NO4S. The summed E-state index contributed by atoms with van der Waals surface area (Å²) in [6, 6.07) is 6.23. The number of carbonyl (C=O) groups is 2. The Balaban J connectivity index is 1.93. The number of rotatable bonds is 11. The van der Waals surface area contributed by atoms with E-state index in [1.165, 1.54) is 35.2 Å². The van der Waals surface area contributed by atoms with Crippen LogP contribution < -0.4 is 0 Å². The summed E-state index contributed by atoms with van der Waals surface area (Å²) in [5.41, 5.74) is -0.348. The number of aliphatic hydroxyl groups is 1. The number of aliphatic hydroxyl groups excluding tert-OH is 1. The highest BCUT2D eigenvalue weighted by Gasteiger charge is 2.39. The van der Waals surface area contributed by atoms with E-state index in [0.29, 0.717) is 0 Å². The van der Waals surface area contributed by atoms with Gasteiger partial charge in [0.1, 0.15) is 6.10 Å². The molecule has 0 aliphatic carbocycles. The van der Waals surface area contributed by atoms with Gasteiger partial charge < -0.3 is 15.1 Å². The van der Waals surface area contributed by atoms with Gasteiger partial charge in [0.05, 0.1) is 12.5 Å². The highest BCUT2D eigenvalue weighted by atomic mass is 32.2. The maximum absolute atomic E-state index is 14.3. The summed E-state index contributed by atoms with van der Waals surface area (Å²) in [4.78, 5) is 23.7. The fraction of sp³-hybridized carbons (Fsp3) is 0.500. The molecule has 2 N–H and O–H groups in total. The lowest BCUT2D eigenvalue weighted by Crippen LogP contribution is -2.35. The lowest BCUT2D eigenvalue weighted by molar-refractivity contribution is -0.139. The van der Waals surface area contributed by atoms with Crippen LogP contribution in [-0.4, -0.2) is 56.7 Å². The van der Waals surface area contributed by atoms with Crippen molar-refractivity contribution in [2.45, 2.75) is 49.7 Å². The Hall–Kier alpha value is -2.07. The van der Waals surface area contributed by atoms with Crippen molar-refractivity contribution in [3.8, 4) is 0 Å². The van der Waals surface area contributed by atoms with Crippen LogP contribution in [0.2, 0.25) is 0 Å². The first-order chi connectivity index (χ1) is 14.0. The van der Waals surface area contributed by atoms with Gasteiger partial charge in [-0.25, -0.2) is 8.78 Å². The maximum atomic E-state index is 14.3. The largest absolute Gasteiger partial charge is 0.481 e. The molecule has 2 atom stereocenters. The minimum absolute atomic E-state index is 0.0192. The van der Waals surface area contributed by atoms with E-state index in [4.69, 9.17) is 5.11 Å². The number of carboxylic acids is 1. The average Bonchev–Trinajstić information content (AvgIpc) is 3.05. The van der Waals surface area contributed by atoms with Crippen LogP contribution in [0.25, 0.3) is 0 Å². The summed E-state index contributed by atoms with van der Waals surface area (Å²) in [5.74, 6) is -7.73. The zero-order chi connectivity index (χ0) is 22.4. The number of carboxylic acid groups (broad SMARTS) is 1. The number of hydrogen-bond acceptors (Lipinski definition) is 4. The normalized spacial score (nSPS) is 18.9.